The van der Waals surface area contributed by atoms with Gasteiger partial charge in [0.15, 0.2) is 5.79 Å². The second-order valence-corrected chi connectivity index (χ2v) is 12.3. The van der Waals surface area contributed by atoms with Gasteiger partial charge < -0.3 is 9.47 Å². The first-order valence-corrected chi connectivity index (χ1v) is 12.1. The third-order valence-corrected chi connectivity index (χ3v) is 11.2. The zero-order chi connectivity index (χ0) is 20.5. The van der Waals surface area contributed by atoms with Crippen molar-refractivity contribution >= 4 is 23.2 Å². The van der Waals surface area contributed by atoms with Crippen molar-refractivity contribution in [2.45, 2.75) is 44.7 Å². The molecule has 4 rings (SSSR count). The SMILES string of the molecule is CC(C1(C)COC(C)(C)O1)[P+](c1ccccc1)(c1ccccc1)c1ccccc1. The standard InChI is InChI=1S/C26H30O2P/c1-21(26(4)20-27-25(2,3)28-26)29(22-14-8-5-9-15-22,23-16-10-6-11-17-23)24-18-12-7-13-19-24/h5-19,21H,20H2,1-4H3/q+1. The van der Waals surface area contributed by atoms with E-state index in [0.717, 1.165) is 0 Å². The van der Waals surface area contributed by atoms with Crippen LogP contribution in [0.25, 0.3) is 0 Å². The molecule has 0 radical (unpaired) electrons. The van der Waals surface area contributed by atoms with Crippen molar-refractivity contribution in [3.05, 3.63) is 91.0 Å². The molecule has 29 heavy (non-hydrogen) atoms. The molecule has 1 aliphatic rings. The second kappa shape index (κ2) is 7.69. The molecule has 2 atom stereocenters. The minimum absolute atomic E-state index is 0.226. The molecule has 0 aromatic heterocycles. The van der Waals surface area contributed by atoms with E-state index < -0.39 is 18.7 Å². The molecule has 1 fully saturated rings. The van der Waals surface area contributed by atoms with Crippen molar-refractivity contribution in [3.8, 4) is 0 Å². The van der Waals surface area contributed by atoms with Crippen LogP contribution >= 0.6 is 7.26 Å². The summed E-state index contributed by atoms with van der Waals surface area (Å²) in [5, 5.41) is 4.12. The summed E-state index contributed by atoms with van der Waals surface area (Å²) in [4.78, 5) is 0. The van der Waals surface area contributed by atoms with E-state index in [4.69, 9.17) is 9.47 Å². The maximum Gasteiger partial charge on any atom is 0.163 e. The zero-order valence-corrected chi connectivity index (χ0v) is 18.6. The molecule has 3 heteroatoms. The lowest BCUT2D eigenvalue weighted by Crippen LogP contribution is -2.50. The van der Waals surface area contributed by atoms with E-state index in [1.54, 1.807) is 0 Å². The number of benzene rings is 3. The average Bonchev–Trinajstić information content (AvgIpc) is 3.05. The second-order valence-electron chi connectivity index (χ2n) is 8.51. The normalized spacial score (nSPS) is 22.3. The fourth-order valence-electron chi connectivity index (χ4n) is 4.66. The van der Waals surface area contributed by atoms with Crippen molar-refractivity contribution in [1.82, 2.24) is 0 Å². The maximum atomic E-state index is 6.57. The van der Waals surface area contributed by atoms with Crippen LogP contribution in [-0.4, -0.2) is 23.7 Å². The Morgan fingerprint density at radius 2 is 1.07 bits per heavy atom. The van der Waals surface area contributed by atoms with Gasteiger partial charge >= 0.3 is 0 Å². The van der Waals surface area contributed by atoms with Crippen LogP contribution in [0.1, 0.15) is 27.7 Å². The van der Waals surface area contributed by atoms with Crippen molar-refractivity contribution in [2.75, 3.05) is 6.61 Å². The van der Waals surface area contributed by atoms with Gasteiger partial charge in [0.1, 0.15) is 34.4 Å². The Hall–Kier alpha value is -1.99. The Kier molecular flexibility index (Phi) is 5.38. The maximum absolute atomic E-state index is 6.57. The van der Waals surface area contributed by atoms with Gasteiger partial charge in [-0.1, -0.05) is 54.6 Å². The molecule has 1 heterocycles. The van der Waals surface area contributed by atoms with E-state index in [9.17, 15) is 0 Å². The van der Waals surface area contributed by atoms with Gasteiger partial charge in [-0.2, -0.15) is 0 Å². The van der Waals surface area contributed by atoms with Crippen LogP contribution in [0.5, 0.6) is 0 Å². The van der Waals surface area contributed by atoms with Gasteiger partial charge in [0.25, 0.3) is 0 Å². The van der Waals surface area contributed by atoms with Gasteiger partial charge in [-0.3, -0.25) is 0 Å². The summed E-state index contributed by atoms with van der Waals surface area (Å²) in [7, 11) is -2.02. The molecule has 1 saturated heterocycles. The highest BCUT2D eigenvalue weighted by Crippen LogP contribution is 2.63. The number of hydrogen-bond donors (Lipinski definition) is 0. The lowest BCUT2D eigenvalue weighted by Gasteiger charge is -2.40. The molecular weight excluding hydrogens is 375 g/mol. The average molecular weight is 405 g/mol. The van der Waals surface area contributed by atoms with Crippen LogP contribution < -0.4 is 15.9 Å². The molecule has 0 N–H and O–H groups in total. The van der Waals surface area contributed by atoms with E-state index in [-0.39, 0.29) is 5.66 Å². The molecule has 0 bridgehead atoms. The Balaban J connectivity index is 2.01. The van der Waals surface area contributed by atoms with Gasteiger partial charge in [0.05, 0.1) is 6.61 Å². The molecular formula is C26H30O2P+. The predicted molar refractivity (Wildman–Crippen MR) is 124 cm³/mol. The molecule has 150 valence electrons. The Labute approximate surface area is 175 Å². The van der Waals surface area contributed by atoms with Gasteiger partial charge in [0, 0.05) is 0 Å². The molecule has 3 aromatic carbocycles. The summed E-state index contributed by atoms with van der Waals surface area (Å²) in [5.41, 5.74) is -0.164. The van der Waals surface area contributed by atoms with Crippen LogP contribution in [0, 0.1) is 0 Å². The molecule has 2 unspecified atom stereocenters. The summed E-state index contributed by atoms with van der Waals surface area (Å²) in [6.07, 6.45) is 0. The summed E-state index contributed by atoms with van der Waals surface area (Å²) in [6, 6.07) is 32.9. The molecule has 1 aliphatic heterocycles. The van der Waals surface area contributed by atoms with E-state index in [1.165, 1.54) is 15.9 Å². The lowest BCUT2D eigenvalue weighted by atomic mass is 10.1. The van der Waals surface area contributed by atoms with E-state index in [2.05, 4.69) is 105 Å². The van der Waals surface area contributed by atoms with Crippen LogP contribution in [0.3, 0.4) is 0 Å². The monoisotopic (exact) mass is 405 g/mol. The lowest BCUT2D eigenvalue weighted by molar-refractivity contribution is -0.156. The highest BCUT2D eigenvalue weighted by atomic mass is 31.2. The number of hydrogen-bond acceptors (Lipinski definition) is 2. The Morgan fingerprint density at radius 3 is 1.38 bits per heavy atom. The van der Waals surface area contributed by atoms with Gasteiger partial charge in [-0.25, -0.2) is 0 Å². The van der Waals surface area contributed by atoms with E-state index in [1.807, 2.05) is 13.8 Å². The Morgan fingerprint density at radius 1 is 0.690 bits per heavy atom. The van der Waals surface area contributed by atoms with Gasteiger partial charge in [-0.05, 0) is 64.1 Å². The predicted octanol–water partition coefficient (Wildman–Crippen LogP) is 4.91. The first-order valence-electron chi connectivity index (χ1n) is 10.3. The summed E-state index contributed by atoms with van der Waals surface area (Å²) in [6.45, 7) is 9.19. The highest BCUT2D eigenvalue weighted by molar-refractivity contribution is 7.96. The summed E-state index contributed by atoms with van der Waals surface area (Å²) in [5.74, 6) is -0.567. The fourth-order valence-corrected chi connectivity index (χ4v) is 9.77. The molecule has 2 nitrogen and oxygen atoms in total. The van der Waals surface area contributed by atoms with Gasteiger partial charge in [0.2, 0.25) is 0 Å². The van der Waals surface area contributed by atoms with Crippen LogP contribution in [0.2, 0.25) is 0 Å². The molecule has 0 saturated carbocycles. The molecule has 3 aromatic rings. The van der Waals surface area contributed by atoms with Crippen molar-refractivity contribution in [3.63, 3.8) is 0 Å². The minimum Gasteiger partial charge on any atom is -0.347 e. The van der Waals surface area contributed by atoms with Crippen LogP contribution in [-0.2, 0) is 9.47 Å². The summed E-state index contributed by atoms with van der Waals surface area (Å²) < 4.78 is 12.6. The van der Waals surface area contributed by atoms with Crippen molar-refractivity contribution in [1.29, 1.82) is 0 Å². The highest BCUT2D eigenvalue weighted by Gasteiger charge is 2.61. The molecule has 0 spiro atoms. The van der Waals surface area contributed by atoms with E-state index in [0.29, 0.717) is 6.61 Å². The van der Waals surface area contributed by atoms with Gasteiger partial charge in [-0.15, -0.1) is 0 Å². The number of rotatable bonds is 5. The molecule has 0 amide bonds. The Bertz CT molecular complexity index is 844. The van der Waals surface area contributed by atoms with Crippen LogP contribution in [0.4, 0.5) is 0 Å². The third kappa shape index (κ3) is 3.55. The third-order valence-electron chi connectivity index (χ3n) is 6.14. The fraction of sp³-hybridized carbons (Fsp3) is 0.308. The largest absolute Gasteiger partial charge is 0.347 e. The van der Waals surface area contributed by atoms with Crippen molar-refractivity contribution in [2.24, 2.45) is 0 Å². The topological polar surface area (TPSA) is 18.5 Å². The first kappa shape index (κ1) is 20.3. The quantitative estimate of drug-likeness (QED) is 0.562. The molecule has 0 aliphatic carbocycles. The zero-order valence-electron chi connectivity index (χ0n) is 17.7. The smallest absolute Gasteiger partial charge is 0.163 e. The van der Waals surface area contributed by atoms with E-state index >= 15 is 0 Å². The summed E-state index contributed by atoms with van der Waals surface area (Å²) >= 11 is 0. The van der Waals surface area contributed by atoms with Crippen LogP contribution in [0.15, 0.2) is 91.0 Å². The minimum atomic E-state index is -2.02. The van der Waals surface area contributed by atoms with Crippen molar-refractivity contribution < 1.29 is 9.47 Å². The first-order chi connectivity index (χ1) is 13.9. The number of ether oxygens (including phenoxy) is 2.